The van der Waals surface area contributed by atoms with Crippen LogP contribution in [0, 0.1) is 12.7 Å². The lowest BCUT2D eigenvalue weighted by atomic mass is 9.98. The van der Waals surface area contributed by atoms with Gasteiger partial charge in [0.1, 0.15) is 11.9 Å². The maximum atomic E-state index is 14.9. The highest BCUT2D eigenvalue weighted by Gasteiger charge is 2.26. The number of benzene rings is 2. The molecule has 8 heteroatoms. The Morgan fingerprint density at radius 2 is 1.97 bits per heavy atom. The average Bonchev–Trinajstić information content (AvgIpc) is 3.23. The van der Waals surface area contributed by atoms with E-state index in [4.69, 9.17) is 4.74 Å². The second kappa shape index (κ2) is 7.29. The van der Waals surface area contributed by atoms with E-state index < -0.39 is 0 Å². The number of hydrogen-bond acceptors (Lipinski definition) is 6. The zero-order chi connectivity index (χ0) is 19.8. The van der Waals surface area contributed by atoms with Gasteiger partial charge in [-0.15, -0.1) is 0 Å². The predicted molar refractivity (Wildman–Crippen MR) is 108 cm³/mol. The van der Waals surface area contributed by atoms with E-state index in [1.54, 1.807) is 10.7 Å². The third-order valence-corrected chi connectivity index (χ3v) is 5.44. The summed E-state index contributed by atoms with van der Waals surface area (Å²) >= 11 is 0. The molecular weight excluding hydrogens is 371 g/mol. The van der Waals surface area contributed by atoms with Crippen LogP contribution >= 0.6 is 0 Å². The third-order valence-electron chi connectivity index (χ3n) is 5.44. The molecule has 0 spiro atoms. The number of morpholine rings is 1. The predicted octanol–water partition coefficient (Wildman–Crippen LogP) is 3.01. The number of nitrogens with one attached hydrogen (secondary N) is 1. The van der Waals surface area contributed by atoms with E-state index in [9.17, 15) is 4.39 Å². The zero-order valence-corrected chi connectivity index (χ0v) is 16.0. The Bertz CT molecular complexity index is 1070. The Morgan fingerprint density at radius 1 is 1.14 bits per heavy atom. The minimum atomic E-state index is -0.246. The minimum absolute atomic E-state index is 0.167. The monoisotopic (exact) mass is 392 g/mol. The molecule has 0 saturated carbocycles. The van der Waals surface area contributed by atoms with Gasteiger partial charge in [0.05, 0.1) is 18.9 Å². The molecule has 3 heterocycles. The number of hydrogen-bond donors (Lipinski definition) is 1. The van der Waals surface area contributed by atoms with Gasteiger partial charge in [-0.1, -0.05) is 35.4 Å². The highest BCUT2D eigenvalue weighted by Crippen LogP contribution is 2.34. The van der Waals surface area contributed by atoms with Crippen LogP contribution in [0.15, 0.2) is 48.5 Å². The van der Waals surface area contributed by atoms with Gasteiger partial charge in [0.2, 0.25) is 5.95 Å². The number of ether oxygens (including phenoxy) is 1. The molecule has 0 unspecified atom stereocenters. The lowest BCUT2D eigenvalue weighted by molar-refractivity contribution is 0.122. The van der Waals surface area contributed by atoms with Crippen LogP contribution in [0.25, 0.3) is 5.70 Å². The summed E-state index contributed by atoms with van der Waals surface area (Å²) in [7, 11) is 0. The van der Waals surface area contributed by atoms with Gasteiger partial charge in [-0.2, -0.15) is 4.68 Å². The Labute approximate surface area is 167 Å². The van der Waals surface area contributed by atoms with Gasteiger partial charge in [-0.3, -0.25) is 0 Å². The molecule has 1 aromatic heterocycles. The Hall–Kier alpha value is -3.26. The largest absolute Gasteiger partial charge is 0.378 e. The number of halogens is 1. The van der Waals surface area contributed by atoms with Crippen LogP contribution in [0.4, 0.5) is 16.0 Å². The maximum absolute atomic E-state index is 14.9. The second-order valence-electron chi connectivity index (χ2n) is 7.22. The van der Waals surface area contributed by atoms with Crippen molar-refractivity contribution in [2.75, 3.05) is 36.5 Å². The first-order valence-electron chi connectivity index (χ1n) is 9.65. The summed E-state index contributed by atoms with van der Waals surface area (Å²) in [6.45, 7) is 4.69. The van der Waals surface area contributed by atoms with Crippen molar-refractivity contribution in [3.8, 4) is 0 Å². The van der Waals surface area contributed by atoms with Crippen molar-refractivity contribution in [3.63, 3.8) is 0 Å². The fourth-order valence-corrected chi connectivity index (χ4v) is 3.90. The smallest absolute Gasteiger partial charge is 0.248 e. The summed E-state index contributed by atoms with van der Waals surface area (Å²) < 4.78 is 22.0. The maximum Gasteiger partial charge on any atom is 0.248 e. The van der Waals surface area contributed by atoms with E-state index in [1.165, 1.54) is 0 Å². The minimum Gasteiger partial charge on any atom is -0.378 e. The highest BCUT2D eigenvalue weighted by molar-refractivity contribution is 5.78. The van der Waals surface area contributed by atoms with Crippen molar-refractivity contribution in [1.82, 2.24) is 20.2 Å². The van der Waals surface area contributed by atoms with Crippen molar-refractivity contribution in [3.05, 3.63) is 71.0 Å². The van der Waals surface area contributed by atoms with Gasteiger partial charge < -0.3 is 15.0 Å². The van der Waals surface area contributed by atoms with Crippen LogP contribution in [-0.4, -0.2) is 46.5 Å². The van der Waals surface area contributed by atoms with E-state index in [1.807, 2.05) is 35.2 Å². The number of tetrazole rings is 1. The van der Waals surface area contributed by atoms with Gasteiger partial charge in [0, 0.05) is 24.4 Å². The lowest BCUT2D eigenvalue weighted by Crippen LogP contribution is -2.36. The van der Waals surface area contributed by atoms with E-state index in [-0.39, 0.29) is 11.9 Å². The van der Waals surface area contributed by atoms with Gasteiger partial charge in [-0.25, -0.2) is 4.39 Å². The van der Waals surface area contributed by atoms with Gasteiger partial charge in [-0.05, 0) is 46.7 Å². The number of aromatic nitrogens is 4. The van der Waals surface area contributed by atoms with E-state index >= 15 is 0 Å². The van der Waals surface area contributed by atoms with Gasteiger partial charge >= 0.3 is 0 Å². The topological polar surface area (TPSA) is 68.1 Å². The quantitative estimate of drug-likeness (QED) is 0.739. The molecule has 29 heavy (non-hydrogen) atoms. The zero-order valence-electron chi connectivity index (χ0n) is 16.0. The normalized spacial score (nSPS) is 18.8. The van der Waals surface area contributed by atoms with Crippen molar-refractivity contribution in [2.45, 2.75) is 13.0 Å². The van der Waals surface area contributed by atoms with Gasteiger partial charge in [0.25, 0.3) is 0 Å². The Kier molecular flexibility index (Phi) is 4.48. The van der Waals surface area contributed by atoms with Gasteiger partial charge in [0.15, 0.2) is 0 Å². The molecule has 2 aromatic carbocycles. The summed E-state index contributed by atoms with van der Waals surface area (Å²) in [5.74, 6) is 0.290. The second-order valence-corrected chi connectivity index (χ2v) is 7.22. The molecule has 1 fully saturated rings. The van der Waals surface area contributed by atoms with Crippen LogP contribution in [-0.2, 0) is 4.74 Å². The number of fused-ring (bicyclic) bond motifs is 1. The first kappa shape index (κ1) is 17.8. The molecule has 0 bridgehead atoms. The Balaban J connectivity index is 1.52. The van der Waals surface area contributed by atoms with Crippen molar-refractivity contribution >= 4 is 17.3 Å². The summed E-state index contributed by atoms with van der Waals surface area (Å²) in [5, 5.41) is 15.2. The molecule has 1 N–H and O–H groups in total. The molecule has 2 aliphatic heterocycles. The van der Waals surface area contributed by atoms with Crippen LogP contribution < -0.4 is 10.2 Å². The lowest BCUT2D eigenvalue weighted by Gasteiger charge is -2.29. The molecular formula is C21H21FN6O. The van der Waals surface area contributed by atoms with E-state index in [2.05, 4.69) is 39.9 Å². The van der Waals surface area contributed by atoms with Crippen molar-refractivity contribution in [2.24, 2.45) is 0 Å². The fraction of sp³-hybridized carbons (Fsp3) is 0.286. The fourth-order valence-electron chi connectivity index (χ4n) is 3.90. The average molecular weight is 392 g/mol. The molecule has 1 atom stereocenters. The molecule has 1 saturated heterocycles. The third kappa shape index (κ3) is 3.25. The van der Waals surface area contributed by atoms with Crippen LogP contribution in [0.5, 0.6) is 0 Å². The molecule has 0 amide bonds. The molecule has 5 rings (SSSR count). The standard InChI is InChI=1S/C21H21FN6O/c1-14-4-2-3-5-16(14)20-13-18(23-21-24-25-26-28(20)21)15-6-7-19(17(22)12-15)27-8-10-29-11-9-27/h2-7,12-13,20H,8-11H2,1H3,(H,23,24,26)/t20-/m1/s1. The number of rotatable bonds is 3. The summed E-state index contributed by atoms with van der Waals surface area (Å²) in [6.07, 6.45) is 2.04. The molecule has 0 aliphatic carbocycles. The van der Waals surface area contributed by atoms with E-state index in [0.717, 1.165) is 22.4 Å². The number of nitrogens with zero attached hydrogens (tertiary/aromatic N) is 5. The summed E-state index contributed by atoms with van der Waals surface area (Å²) in [4.78, 5) is 2.02. The molecule has 0 radical (unpaired) electrons. The van der Waals surface area contributed by atoms with Crippen LogP contribution in [0.1, 0.15) is 22.7 Å². The number of allylic oxidation sites excluding steroid dienone is 1. The highest BCUT2D eigenvalue weighted by atomic mass is 19.1. The molecule has 2 aliphatic rings. The Morgan fingerprint density at radius 3 is 2.76 bits per heavy atom. The molecule has 3 aromatic rings. The first-order chi connectivity index (χ1) is 14.2. The van der Waals surface area contributed by atoms with E-state index in [0.29, 0.717) is 37.9 Å². The number of aryl methyl sites for hydroxylation is 1. The first-order valence-corrected chi connectivity index (χ1v) is 9.65. The molecule has 148 valence electrons. The van der Waals surface area contributed by atoms with Crippen molar-refractivity contribution in [1.29, 1.82) is 0 Å². The summed E-state index contributed by atoms with van der Waals surface area (Å²) in [6, 6.07) is 13.3. The van der Waals surface area contributed by atoms with Crippen LogP contribution in [0.2, 0.25) is 0 Å². The number of anilines is 2. The van der Waals surface area contributed by atoms with Crippen molar-refractivity contribution < 1.29 is 9.13 Å². The SMILES string of the molecule is Cc1ccccc1[C@H]1C=C(c2ccc(N3CCOCC3)c(F)c2)Nc2nnnn21. The van der Waals surface area contributed by atoms with Crippen LogP contribution in [0.3, 0.4) is 0 Å². The molecule has 7 nitrogen and oxygen atoms in total. The summed E-state index contributed by atoms with van der Waals surface area (Å²) in [5.41, 5.74) is 4.39.